The first-order valence-electron chi connectivity index (χ1n) is 5.76. The van der Waals surface area contributed by atoms with Crippen LogP contribution >= 0.6 is 22.6 Å². The van der Waals surface area contributed by atoms with E-state index in [1.165, 1.54) is 12.8 Å². The van der Waals surface area contributed by atoms with Crippen molar-refractivity contribution in [2.75, 3.05) is 24.5 Å². The lowest BCUT2D eigenvalue weighted by atomic mass is 10.2. The second-order valence-electron chi connectivity index (χ2n) is 4.00. The minimum absolute atomic E-state index is 0.556. The van der Waals surface area contributed by atoms with Crippen molar-refractivity contribution in [2.45, 2.75) is 25.8 Å². The molecule has 2 rings (SSSR count). The molecule has 4 nitrogen and oxygen atoms in total. The summed E-state index contributed by atoms with van der Waals surface area (Å²) in [4.78, 5) is 11.1. The molecule has 1 saturated heterocycles. The molecular formula is C11H17IN4. The summed E-state index contributed by atoms with van der Waals surface area (Å²) in [5, 5.41) is 3.40. The zero-order chi connectivity index (χ0) is 11.4. The number of nitrogens with zero attached hydrogens (tertiary/aromatic N) is 3. The Bertz CT molecular complexity index is 327. The van der Waals surface area contributed by atoms with Crippen LogP contribution in [-0.4, -0.2) is 35.6 Å². The van der Waals surface area contributed by atoms with Gasteiger partial charge in [0.15, 0.2) is 0 Å². The first-order chi connectivity index (χ1) is 7.81. The third-order valence-corrected chi connectivity index (χ3v) is 3.43. The Morgan fingerprint density at radius 3 is 2.94 bits per heavy atom. The van der Waals surface area contributed by atoms with E-state index < -0.39 is 0 Å². The van der Waals surface area contributed by atoms with E-state index in [2.05, 4.69) is 49.7 Å². The lowest BCUT2D eigenvalue weighted by Gasteiger charge is -2.24. The van der Waals surface area contributed by atoms with Gasteiger partial charge >= 0.3 is 0 Å². The van der Waals surface area contributed by atoms with Crippen LogP contribution < -0.4 is 10.2 Å². The third kappa shape index (κ3) is 2.82. The molecule has 88 valence electrons. The van der Waals surface area contributed by atoms with Gasteiger partial charge in [-0.25, -0.2) is 9.97 Å². The number of nitrogens with one attached hydrogen (secondary N) is 1. The number of likely N-dealkylation sites (N-methyl/N-ethyl adjacent to an activating group) is 1. The van der Waals surface area contributed by atoms with Crippen LogP contribution in [0, 0.1) is 3.57 Å². The van der Waals surface area contributed by atoms with Gasteiger partial charge in [-0.2, -0.15) is 0 Å². The van der Waals surface area contributed by atoms with Crippen molar-refractivity contribution in [3.05, 3.63) is 16.0 Å². The van der Waals surface area contributed by atoms with Gasteiger partial charge in [0.2, 0.25) is 5.95 Å². The molecule has 0 saturated carbocycles. The Labute approximate surface area is 110 Å². The van der Waals surface area contributed by atoms with E-state index in [1.54, 1.807) is 0 Å². The molecule has 0 aromatic carbocycles. The van der Waals surface area contributed by atoms with E-state index in [1.807, 2.05) is 12.4 Å². The molecule has 1 aromatic heterocycles. The van der Waals surface area contributed by atoms with Gasteiger partial charge in [0, 0.05) is 35.1 Å². The number of anilines is 1. The van der Waals surface area contributed by atoms with E-state index in [0.717, 1.165) is 29.2 Å². The molecule has 1 aliphatic heterocycles. The predicted molar refractivity (Wildman–Crippen MR) is 73.7 cm³/mol. The van der Waals surface area contributed by atoms with E-state index >= 15 is 0 Å². The molecule has 1 atom stereocenters. The van der Waals surface area contributed by atoms with Crippen molar-refractivity contribution in [3.63, 3.8) is 0 Å². The fraction of sp³-hybridized carbons (Fsp3) is 0.636. The Kier molecular flexibility index (Phi) is 4.34. The quantitative estimate of drug-likeness (QED) is 0.852. The van der Waals surface area contributed by atoms with Gasteiger partial charge in [0.05, 0.1) is 0 Å². The van der Waals surface area contributed by atoms with Crippen LogP contribution in [-0.2, 0) is 0 Å². The third-order valence-electron chi connectivity index (χ3n) is 2.87. The SMILES string of the molecule is CCNCC1CCCN1c1ncc(I)cn1. The van der Waals surface area contributed by atoms with E-state index in [4.69, 9.17) is 0 Å². The summed E-state index contributed by atoms with van der Waals surface area (Å²) in [7, 11) is 0. The molecule has 0 radical (unpaired) electrons. The van der Waals surface area contributed by atoms with Crippen LogP contribution in [0.3, 0.4) is 0 Å². The van der Waals surface area contributed by atoms with E-state index in [0.29, 0.717) is 6.04 Å². The van der Waals surface area contributed by atoms with Crippen molar-refractivity contribution in [1.29, 1.82) is 0 Å². The number of hydrogen-bond donors (Lipinski definition) is 1. The van der Waals surface area contributed by atoms with Gasteiger partial charge in [-0.3, -0.25) is 0 Å². The first-order valence-corrected chi connectivity index (χ1v) is 6.84. The minimum Gasteiger partial charge on any atom is -0.337 e. The van der Waals surface area contributed by atoms with Crippen molar-refractivity contribution >= 4 is 28.5 Å². The molecule has 2 heterocycles. The van der Waals surface area contributed by atoms with Crippen LogP contribution in [0.4, 0.5) is 5.95 Å². The Hall–Kier alpha value is -0.430. The second-order valence-corrected chi connectivity index (χ2v) is 5.24. The summed E-state index contributed by atoms with van der Waals surface area (Å²) in [5.41, 5.74) is 0. The van der Waals surface area contributed by atoms with Gasteiger partial charge in [0.1, 0.15) is 0 Å². The largest absolute Gasteiger partial charge is 0.337 e. The average Bonchev–Trinajstić information content (AvgIpc) is 2.75. The Morgan fingerprint density at radius 1 is 1.50 bits per heavy atom. The maximum absolute atomic E-state index is 4.40. The standard InChI is InChI=1S/C11H17IN4/c1-2-13-8-10-4-3-5-16(10)11-14-6-9(12)7-15-11/h6-7,10,13H,2-5,8H2,1H3. The van der Waals surface area contributed by atoms with E-state index in [9.17, 15) is 0 Å². The normalized spacial score (nSPS) is 20.4. The fourth-order valence-corrected chi connectivity index (χ4v) is 2.35. The maximum atomic E-state index is 4.40. The van der Waals surface area contributed by atoms with Crippen LogP contribution in [0.2, 0.25) is 0 Å². The van der Waals surface area contributed by atoms with Crippen molar-refractivity contribution in [1.82, 2.24) is 15.3 Å². The van der Waals surface area contributed by atoms with Gasteiger partial charge < -0.3 is 10.2 Å². The summed E-state index contributed by atoms with van der Waals surface area (Å²) in [6.07, 6.45) is 6.24. The van der Waals surface area contributed by atoms with Crippen LogP contribution in [0.5, 0.6) is 0 Å². The van der Waals surface area contributed by atoms with Gasteiger partial charge in [-0.1, -0.05) is 6.92 Å². The number of rotatable bonds is 4. The summed E-state index contributed by atoms with van der Waals surface area (Å²) in [5.74, 6) is 0.876. The fourth-order valence-electron chi connectivity index (χ4n) is 2.08. The Balaban J connectivity index is 2.04. The maximum Gasteiger partial charge on any atom is 0.225 e. The average molecular weight is 332 g/mol. The number of aromatic nitrogens is 2. The molecule has 1 fully saturated rings. The lowest BCUT2D eigenvalue weighted by molar-refractivity contribution is 0.581. The van der Waals surface area contributed by atoms with Crippen LogP contribution in [0.1, 0.15) is 19.8 Å². The van der Waals surface area contributed by atoms with Crippen LogP contribution in [0.25, 0.3) is 0 Å². The highest BCUT2D eigenvalue weighted by atomic mass is 127. The minimum atomic E-state index is 0.556. The molecule has 1 N–H and O–H groups in total. The highest BCUT2D eigenvalue weighted by Crippen LogP contribution is 2.21. The molecule has 1 aromatic rings. The molecule has 16 heavy (non-hydrogen) atoms. The Morgan fingerprint density at radius 2 is 2.25 bits per heavy atom. The topological polar surface area (TPSA) is 41.0 Å². The zero-order valence-electron chi connectivity index (χ0n) is 9.49. The zero-order valence-corrected chi connectivity index (χ0v) is 11.6. The summed E-state index contributed by atoms with van der Waals surface area (Å²) in [6, 6.07) is 0.556. The molecule has 0 bridgehead atoms. The monoisotopic (exact) mass is 332 g/mol. The first kappa shape index (κ1) is 12.0. The summed E-state index contributed by atoms with van der Waals surface area (Å²) < 4.78 is 1.09. The summed E-state index contributed by atoms with van der Waals surface area (Å²) in [6.45, 7) is 5.28. The molecule has 0 spiro atoms. The van der Waals surface area contributed by atoms with Gasteiger partial charge in [-0.15, -0.1) is 0 Å². The van der Waals surface area contributed by atoms with Crippen LogP contribution in [0.15, 0.2) is 12.4 Å². The molecule has 5 heteroatoms. The molecular weight excluding hydrogens is 315 g/mol. The van der Waals surface area contributed by atoms with Gasteiger partial charge in [0.25, 0.3) is 0 Å². The molecule has 0 amide bonds. The van der Waals surface area contributed by atoms with Gasteiger partial charge in [-0.05, 0) is 42.0 Å². The van der Waals surface area contributed by atoms with E-state index in [-0.39, 0.29) is 0 Å². The highest BCUT2D eigenvalue weighted by Gasteiger charge is 2.25. The van der Waals surface area contributed by atoms with Crippen molar-refractivity contribution < 1.29 is 0 Å². The van der Waals surface area contributed by atoms with Crippen molar-refractivity contribution in [2.24, 2.45) is 0 Å². The number of halogens is 1. The smallest absolute Gasteiger partial charge is 0.225 e. The van der Waals surface area contributed by atoms with Crippen molar-refractivity contribution in [3.8, 4) is 0 Å². The highest BCUT2D eigenvalue weighted by molar-refractivity contribution is 14.1. The molecule has 0 aliphatic carbocycles. The lowest BCUT2D eigenvalue weighted by Crippen LogP contribution is -2.38. The molecule has 1 unspecified atom stereocenters. The summed E-state index contributed by atoms with van der Waals surface area (Å²) >= 11 is 2.23. The predicted octanol–water partition coefficient (Wildman–Crippen LogP) is 1.66. The second kappa shape index (κ2) is 5.77. The molecule has 1 aliphatic rings. The number of hydrogen-bond acceptors (Lipinski definition) is 4.